The summed E-state index contributed by atoms with van der Waals surface area (Å²) in [5.41, 5.74) is 0.583. The van der Waals surface area contributed by atoms with Crippen LogP contribution in [0, 0.1) is 0 Å². The third-order valence-corrected chi connectivity index (χ3v) is 3.84. The van der Waals surface area contributed by atoms with Crippen LogP contribution in [-0.2, 0) is 20.9 Å². The van der Waals surface area contributed by atoms with Crippen molar-refractivity contribution in [2.75, 3.05) is 11.9 Å². The molecule has 9 heteroatoms. The third kappa shape index (κ3) is 5.09. The highest BCUT2D eigenvalue weighted by Crippen LogP contribution is 2.28. The molecule has 1 N–H and O–H groups in total. The second kappa shape index (κ2) is 8.14. The fourth-order valence-electron chi connectivity index (χ4n) is 1.52. The first-order valence-corrected chi connectivity index (χ1v) is 8.13. The third-order valence-electron chi connectivity index (χ3n) is 2.50. The number of rotatable bonds is 5. The van der Waals surface area contributed by atoms with E-state index in [1.165, 1.54) is 11.3 Å². The fourth-order valence-corrected chi connectivity index (χ4v) is 2.67. The van der Waals surface area contributed by atoms with Crippen molar-refractivity contribution in [3.05, 3.63) is 39.3 Å². The number of benzene rings is 1. The van der Waals surface area contributed by atoms with Gasteiger partial charge in [0.15, 0.2) is 5.13 Å². The van der Waals surface area contributed by atoms with Gasteiger partial charge in [-0.15, -0.1) is 11.3 Å². The zero-order chi connectivity index (χ0) is 16.8. The minimum Gasteiger partial charge on any atom is -0.486 e. The van der Waals surface area contributed by atoms with Crippen LogP contribution in [0.4, 0.5) is 5.13 Å². The Morgan fingerprint density at radius 3 is 2.83 bits per heavy atom. The molecule has 0 spiro atoms. The zero-order valence-electron chi connectivity index (χ0n) is 12.0. The summed E-state index contributed by atoms with van der Waals surface area (Å²) >= 11 is 13.0. The molecule has 0 fully saturated rings. The Kier molecular flexibility index (Phi) is 6.20. The summed E-state index contributed by atoms with van der Waals surface area (Å²) in [6, 6.07) is 4.89. The minimum absolute atomic E-state index is 0.130. The van der Waals surface area contributed by atoms with Crippen LogP contribution in [-0.4, -0.2) is 23.5 Å². The predicted molar refractivity (Wildman–Crippen MR) is 88.2 cm³/mol. The molecule has 1 heterocycles. The van der Waals surface area contributed by atoms with Crippen molar-refractivity contribution in [2.45, 2.75) is 13.5 Å². The van der Waals surface area contributed by atoms with Crippen molar-refractivity contribution < 1.29 is 19.1 Å². The Balaban J connectivity index is 1.92. The van der Waals surface area contributed by atoms with Crippen LogP contribution in [0.5, 0.6) is 5.75 Å². The first-order chi connectivity index (χ1) is 11.0. The summed E-state index contributed by atoms with van der Waals surface area (Å²) in [5, 5.41) is 5.25. The van der Waals surface area contributed by atoms with Gasteiger partial charge in [-0.3, -0.25) is 10.1 Å². The maximum atomic E-state index is 11.5. The summed E-state index contributed by atoms with van der Waals surface area (Å²) < 4.78 is 10.1. The van der Waals surface area contributed by atoms with Crippen molar-refractivity contribution in [1.82, 2.24) is 4.98 Å². The second-order valence-electron chi connectivity index (χ2n) is 4.18. The lowest BCUT2D eigenvalue weighted by atomic mass is 10.3. The number of ether oxygens (including phenoxy) is 2. The lowest BCUT2D eigenvalue weighted by molar-refractivity contribution is -0.152. The summed E-state index contributed by atoms with van der Waals surface area (Å²) in [5.74, 6) is -1.34. The highest BCUT2D eigenvalue weighted by Gasteiger charge is 2.16. The average molecular weight is 375 g/mol. The molecule has 122 valence electrons. The molecule has 1 amide bonds. The number of hydrogen-bond donors (Lipinski definition) is 1. The topological polar surface area (TPSA) is 77.5 Å². The van der Waals surface area contributed by atoms with Gasteiger partial charge in [0.25, 0.3) is 0 Å². The van der Waals surface area contributed by atoms with Crippen LogP contribution in [0.1, 0.15) is 12.6 Å². The Hall–Kier alpha value is -1.83. The smallest absolute Gasteiger partial charge is 0.397 e. The Bertz CT molecular complexity index is 721. The standard InChI is InChI=1S/C14H12Cl2N2O4S/c1-2-21-13(20)12(19)18-14-17-9(7-23-14)6-22-11-4-3-8(15)5-10(11)16/h3-5,7H,2,6H2,1H3,(H,17,18,19). The van der Waals surface area contributed by atoms with E-state index in [2.05, 4.69) is 15.0 Å². The Labute approximate surface area is 146 Å². The van der Waals surface area contributed by atoms with Gasteiger partial charge >= 0.3 is 11.9 Å². The molecule has 1 aromatic carbocycles. The number of thiazole rings is 1. The van der Waals surface area contributed by atoms with Gasteiger partial charge < -0.3 is 9.47 Å². The molecule has 0 bridgehead atoms. The molecule has 2 rings (SSSR count). The highest BCUT2D eigenvalue weighted by molar-refractivity contribution is 7.14. The molecular weight excluding hydrogens is 363 g/mol. The first kappa shape index (κ1) is 17.5. The number of halogens is 2. The van der Waals surface area contributed by atoms with Gasteiger partial charge in [0, 0.05) is 10.4 Å². The Morgan fingerprint density at radius 2 is 2.13 bits per heavy atom. The normalized spacial score (nSPS) is 10.2. The SMILES string of the molecule is CCOC(=O)C(=O)Nc1nc(COc2ccc(Cl)cc2Cl)cs1. The number of amides is 1. The molecule has 1 aromatic heterocycles. The van der Waals surface area contributed by atoms with E-state index in [9.17, 15) is 9.59 Å². The molecule has 0 saturated carbocycles. The van der Waals surface area contributed by atoms with E-state index in [-0.39, 0.29) is 18.3 Å². The van der Waals surface area contributed by atoms with Crippen LogP contribution in [0.3, 0.4) is 0 Å². The molecule has 0 unspecified atom stereocenters. The van der Waals surface area contributed by atoms with Gasteiger partial charge in [0.1, 0.15) is 12.4 Å². The molecule has 0 aliphatic rings. The first-order valence-electron chi connectivity index (χ1n) is 6.50. The molecule has 0 atom stereocenters. The number of carbonyl (C=O) groups excluding carboxylic acids is 2. The van der Waals surface area contributed by atoms with Gasteiger partial charge in [0.05, 0.1) is 17.3 Å². The molecule has 0 aliphatic carbocycles. The molecular formula is C14H12Cl2N2O4S. The van der Waals surface area contributed by atoms with Crippen molar-refractivity contribution in [1.29, 1.82) is 0 Å². The number of aromatic nitrogens is 1. The largest absolute Gasteiger partial charge is 0.486 e. The van der Waals surface area contributed by atoms with Crippen LogP contribution in [0.25, 0.3) is 0 Å². The van der Waals surface area contributed by atoms with E-state index in [0.29, 0.717) is 21.5 Å². The van der Waals surface area contributed by atoms with E-state index in [4.69, 9.17) is 27.9 Å². The van der Waals surface area contributed by atoms with E-state index in [1.807, 2.05) is 0 Å². The van der Waals surface area contributed by atoms with Crippen LogP contribution >= 0.6 is 34.5 Å². The summed E-state index contributed by atoms with van der Waals surface area (Å²) in [7, 11) is 0. The summed E-state index contributed by atoms with van der Waals surface area (Å²) in [6.07, 6.45) is 0. The average Bonchev–Trinajstić information content (AvgIpc) is 2.94. The van der Waals surface area contributed by atoms with Crippen molar-refractivity contribution in [2.24, 2.45) is 0 Å². The summed E-state index contributed by atoms with van der Waals surface area (Å²) in [4.78, 5) is 26.8. The molecule has 0 radical (unpaired) electrons. The number of hydrogen-bond acceptors (Lipinski definition) is 6. The maximum absolute atomic E-state index is 11.5. The van der Waals surface area contributed by atoms with Gasteiger partial charge in [-0.25, -0.2) is 9.78 Å². The van der Waals surface area contributed by atoms with Crippen LogP contribution in [0.2, 0.25) is 10.0 Å². The minimum atomic E-state index is -0.951. The zero-order valence-corrected chi connectivity index (χ0v) is 14.3. The van der Waals surface area contributed by atoms with E-state index in [0.717, 1.165) is 0 Å². The lowest BCUT2D eigenvalue weighted by Gasteiger charge is -2.06. The van der Waals surface area contributed by atoms with E-state index >= 15 is 0 Å². The van der Waals surface area contributed by atoms with Crippen molar-refractivity contribution >= 4 is 51.5 Å². The van der Waals surface area contributed by atoms with Gasteiger partial charge in [-0.1, -0.05) is 23.2 Å². The van der Waals surface area contributed by atoms with Gasteiger partial charge in [-0.05, 0) is 25.1 Å². The molecule has 23 heavy (non-hydrogen) atoms. The number of anilines is 1. The molecule has 0 saturated heterocycles. The van der Waals surface area contributed by atoms with Gasteiger partial charge in [-0.2, -0.15) is 0 Å². The van der Waals surface area contributed by atoms with Crippen molar-refractivity contribution in [3.8, 4) is 5.75 Å². The monoisotopic (exact) mass is 374 g/mol. The van der Waals surface area contributed by atoms with Crippen LogP contribution in [0.15, 0.2) is 23.6 Å². The van der Waals surface area contributed by atoms with Gasteiger partial charge in [0.2, 0.25) is 0 Å². The molecule has 6 nitrogen and oxygen atoms in total. The quantitative estimate of drug-likeness (QED) is 0.639. The summed E-state index contributed by atoms with van der Waals surface area (Å²) in [6.45, 7) is 1.91. The highest BCUT2D eigenvalue weighted by atomic mass is 35.5. The predicted octanol–water partition coefficient (Wildman–Crippen LogP) is 3.53. The van der Waals surface area contributed by atoms with Crippen LogP contribution < -0.4 is 10.1 Å². The number of carbonyl (C=O) groups is 2. The van der Waals surface area contributed by atoms with E-state index in [1.54, 1.807) is 30.5 Å². The lowest BCUT2D eigenvalue weighted by Crippen LogP contribution is -2.24. The number of esters is 1. The maximum Gasteiger partial charge on any atom is 0.397 e. The fraction of sp³-hybridized carbons (Fsp3) is 0.214. The van der Waals surface area contributed by atoms with Crippen molar-refractivity contribution in [3.63, 3.8) is 0 Å². The number of nitrogens with zero attached hydrogens (tertiary/aromatic N) is 1. The second-order valence-corrected chi connectivity index (χ2v) is 5.88. The molecule has 0 aliphatic heterocycles. The van der Waals surface area contributed by atoms with E-state index < -0.39 is 11.9 Å². The number of nitrogens with one attached hydrogen (secondary N) is 1. The Morgan fingerprint density at radius 1 is 1.35 bits per heavy atom. The molecule has 2 aromatic rings.